The molecule has 5 nitrogen and oxygen atoms in total. The fourth-order valence-corrected chi connectivity index (χ4v) is 2.31. The van der Waals surface area contributed by atoms with Crippen LogP contribution in [0.3, 0.4) is 0 Å². The van der Waals surface area contributed by atoms with Crippen molar-refractivity contribution >= 4 is 33.6 Å². The van der Waals surface area contributed by atoms with Gasteiger partial charge in [-0.25, -0.2) is 13.6 Å². The SMILES string of the molecule is CC(CBr)OC(=O)NCCOc1ccc(Oc2cc(F)cc(F)c2)cc1Cl. The molecule has 0 aliphatic rings. The number of amides is 1. The van der Waals surface area contributed by atoms with Gasteiger partial charge in [0.1, 0.15) is 41.6 Å². The van der Waals surface area contributed by atoms with Gasteiger partial charge in [-0.05, 0) is 19.1 Å². The zero-order chi connectivity index (χ0) is 19.8. The van der Waals surface area contributed by atoms with Crippen LogP contribution in [-0.2, 0) is 4.74 Å². The van der Waals surface area contributed by atoms with Gasteiger partial charge in [0.2, 0.25) is 0 Å². The molecule has 0 aliphatic carbocycles. The second-order valence-corrected chi connectivity index (χ2v) is 6.50. The van der Waals surface area contributed by atoms with Gasteiger partial charge in [-0.1, -0.05) is 27.5 Å². The second-order valence-electron chi connectivity index (χ2n) is 5.44. The van der Waals surface area contributed by atoms with Gasteiger partial charge < -0.3 is 19.5 Å². The number of alkyl carbamates (subject to hydrolysis) is 1. The first-order chi connectivity index (χ1) is 12.9. The van der Waals surface area contributed by atoms with E-state index in [-0.39, 0.29) is 30.0 Å². The molecule has 2 aromatic rings. The molecule has 0 spiro atoms. The molecule has 0 heterocycles. The summed E-state index contributed by atoms with van der Waals surface area (Å²) in [5.41, 5.74) is 0. The van der Waals surface area contributed by atoms with E-state index in [2.05, 4.69) is 21.2 Å². The number of ether oxygens (including phenoxy) is 3. The normalized spacial score (nSPS) is 11.6. The van der Waals surface area contributed by atoms with Crippen LogP contribution >= 0.6 is 27.5 Å². The zero-order valence-electron chi connectivity index (χ0n) is 14.3. The van der Waals surface area contributed by atoms with E-state index in [1.54, 1.807) is 19.1 Å². The molecular weight excluding hydrogens is 448 g/mol. The molecule has 1 amide bonds. The second kappa shape index (κ2) is 10.3. The van der Waals surface area contributed by atoms with E-state index in [9.17, 15) is 13.6 Å². The van der Waals surface area contributed by atoms with E-state index < -0.39 is 17.7 Å². The first kappa shape index (κ1) is 21.2. The number of carbonyl (C=O) groups excluding carboxylic acids is 1. The van der Waals surface area contributed by atoms with Crippen molar-refractivity contribution in [2.45, 2.75) is 13.0 Å². The number of nitrogens with one attached hydrogen (secondary N) is 1. The van der Waals surface area contributed by atoms with Crippen LogP contribution in [-0.4, -0.2) is 30.7 Å². The van der Waals surface area contributed by atoms with Crippen LogP contribution in [0.1, 0.15) is 6.92 Å². The van der Waals surface area contributed by atoms with E-state index in [0.717, 1.165) is 18.2 Å². The van der Waals surface area contributed by atoms with Crippen molar-refractivity contribution in [2.75, 3.05) is 18.5 Å². The Morgan fingerprint density at radius 1 is 1.19 bits per heavy atom. The number of hydrogen-bond donors (Lipinski definition) is 1. The van der Waals surface area contributed by atoms with Gasteiger partial charge in [0.15, 0.2) is 0 Å². The summed E-state index contributed by atoms with van der Waals surface area (Å²) in [4.78, 5) is 11.5. The minimum Gasteiger partial charge on any atom is -0.490 e. The van der Waals surface area contributed by atoms with E-state index in [4.69, 9.17) is 25.8 Å². The van der Waals surface area contributed by atoms with Gasteiger partial charge in [0, 0.05) is 29.6 Å². The molecule has 1 atom stereocenters. The molecule has 0 bridgehead atoms. The van der Waals surface area contributed by atoms with Crippen molar-refractivity contribution in [3.05, 3.63) is 53.1 Å². The lowest BCUT2D eigenvalue weighted by Crippen LogP contribution is -2.31. The largest absolute Gasteiger partial charge is 0.490 e. The van der Waals surface area contributed by atoms with Crippen molar-refractivity contribution in [2.24, 2.45) is 0 Å². The van der Waals surface area contributed by atoms with Gasteiger partial charge in [0.05, 0.1) is 11.6 Å². The Balaban J connectivity index is 1.84. The highest BCUT2D eigenvalue weighted by Gasteiger charge is 2.09. The first-order valence-corrected chi connectivity index (χ1v) is 9.44. The highest BCUT2D eigenvalue weighted by molar-refractivity contribution is 9.09. The Hall–Kier alpha value is -2.06. The third-order valence-electron chi connectivity index (χ3n) is 3.13. The summed E-state index contributed by atoms with van der Waals surface area (Å²) < 4.78 is 42.2. The summed E-state index contributed by atoms with van der Waals surface area (Å²) >= 11 is 9.32. The molecule has 146 valence electrons. The fraction of sp³-hybridized carbons (Fsp3) is 0.278. The number of halogens is 4. The molecule has 0 aliphatic heterocycles. The maximum Gasteiger partial charge on any atom is 0.407 e. The summed E-state index contributed by atoms with van der Waals surface area (Å²) in [5.74, 6) is -0.806. The summed E-state index contributed by atoms with van der Waals surface area (Å²) in [7, 11) is 0. The van der Waals surface area contributed by atoms with Crippen LogP contribution in [0.15, 0.2) is 36.4 Å². The van der Waals surface area contributed by atoms with Gasteiger partial charge >= 0.3 is 6.09 Å². The smallest absolute Gasteiger partial charge is 0.407 e. The molecule has 0 radical (unpaired) electrons. The Morgan fingerprint density at radius 2 is 1.89 bits per heavy atom. The van der Waals surface area contributed by atoms with Crippen molar-refractivity contribution in [3.63, 3.8) is 0 Å². The van der Waals surface area contributed by atoms with Crippen molar-refractivity contribution in [1.29, 1.82) is 0 Å². The number of benzene rings is 2. The predicted molar refractivity (Wildman–Crippen MR) is 101 cm³/mol. The molecular formula is C18H17BrClF2NO4. The van der Waals surface area contributed by atoms with Crippen molar-refractivity contribution < 1.29 is 27.8 Å². The number of carbonyl (C=O) groups is 1. The van der Waals surface area contributed by atoms with Crippen molar-refractivity contribution in [1.82, 2.24) is 5.32 Å². The van der Waals surface area contributed by atoms with E-state index in [0.29, 0.717) is 16.8 Å². The predicted octanol–water partition coefficient (Wildman–Crippen LogP) is 5.30. The molecule has 1 N–H and O–H groups in total. The van der Waals surface area contributed by atoms with Gasteiger partial charge in [-0.2, -0.15) is 0 Å². The number of alkyl halides is 1. The number of hydrogen-bond acceptors (Lipinski definition) is 4. The average molecular weight is 465 g/mol. The molecule has 2 aromatic carbocycles. The van der Waals surface area contributed by atoms with Crippen LogP contribution in [0.25, 0.3) is 0 Å². The summed E-state index contributed by atoms with van der Waals surface area (Å²) in [5, 5.41) is 3.34. The lowest BCUT2D eigenvalue weighted by atomic mass is 10.3. The van der Waals surface area contributed by atoms with Gasteiger partial charge in [-0.3, -0.25) is 0 Å². The van der Waals surface area contributed by atoms with E-state index in [1.807, 2.05) is 0 Å². The van der Waals surface area contributed by atoms with E-state index >= 15 is 0 Å². The number of rotatable bonds is 8. The van der Waals surface area contributed by atoms with Crippen molar-refractivity contribution in [3.8, 4) is 17.2 Å². The minimum absolute atomic E-state index is 0.0117. The molecule has 0 saturated heterocycles. The Morgan fingerprint density at radius 3 is 2.52 bits per heavy atom. The van der Waals surface area contributed by atoms with E-state index in [1.165, 1.54) is 6.07 Å². The minimum atomic E-state index is -0.743. The van der Waals surface area contributed by atoms with Crippen LogP contribution in [0.5, 0.6) is 17.2 Å². The van der Waals surface area contributed by atoms with Crippen LogP contribution in [0, 0.1) is 11.6 Å². The topological polar surface area (TPSA) is 56.8 Å². The molecule has 0 aromatic heterocycles. The van der Waals surface area contributed by atoms with Crippen LogP contribution in [0.4, 0.5) is 13.6 Å². The highest BCUT2D eigenvalue weighted by Crippen LogP contribution is 2.31. The molecule has 1 unspecified atom stereocenters. The Kier molecular flexibility index (Phi) is 8.12. The average Bonchev–Trinajstić information content (AvgIpc) is 2.59. The lowest BCUT2D eigenvalue weighted by molar-refractivity contribution is 0.116. The monoisotopic (exact) mass is 463 g/mol. The highest BCUT2D eigenvalue weighted by atomic mass is 79.9. The third-order valence-corrected chi connectivity index (χ3v) is 4.34. The maximum atomic E-state index is 13.2. The lowest BCUT2D eigenvalue weighted by Gasteiger charge is -2.13. The van der Waals surface area contributed by atoms with Crippen LogP contribution < -0.4 is 14.8 Å². The standard InChI is InChI=1S/C18H17BrClF2NO4/c1-11(10-19)26-18(24)23-4-5-25-17-3-2-14(9-16(17)20)27-15-7-12(21)6-13(22)8-15/h2-3,6-9,11H,4-5,10H2,1H3,(H,23,24). The van der Waals surface area contributed by atoms with Gasteiger partial charge in [0.25, 0.3) is 0 Å². The third kappa shape index (κ3) is 7.22. The van der Waals surface area contributed by atoms with Gasteiger partial charge in [-0.15, -0.1) is 0 Å². The molecule has 9 heteroatoms. The Bertz CT molecular complexity index is 774. The summed E-state index contributed by atoms with van der Waals surface area (Å²) in [6, 6.07) is 7.42. The molecule has 0 saturated carbocycles. The molecule has 0 fully saturated rings. The zero-order valence-corrected chi connectivity index (χ0v) is 16.6. The Labute approximate surface area is 168 Å². The molecule has 2 rings (SSSR count). The summed E-state index contributed by atoms with van der Waals surface area (Å²) in [6.07, 6.45) is -0.776. The first-order valence-electron chi connectivity index (χ1n) is 7.94. The maximum absolute atomic E-state index is 13.2. The summed E-state index contributed by atoms with van der Waals surface area (Å²) in [6.45, 7) is 2.16. The molecule has 27 heavy (non-hydrogen) atoms. The quantitative estimate of drug-likeness (QED) is 0.425. The van der Waals surface area contributed by atoms with Crippen LogP contribution in [0.2, 0.25) is 5.02 Å². The fourth-order valence-electron chi connectivity index (χ4n) is 1.96.